The van der Waals surface area contributed by atoms with Crippen LogP contribution < -0.4 is 4.52 Å². The van der Waals surface area contributed by atoms with Gasteiger partial charge in [0.15, 0.2) is 0 Å². The highest BCUT2D eigenvalue weighted by atomic mass is 31.2. The van der Waals surface area contributed by atoms with Crippen LogP contribution in [0.25, 0.3) is 22.3 Å². The highest BCUT2D eigenvalue weighted by Gasteiger charge is 2.23. The van der Waals surface area contributed by atoms with E-state index in [2.05, 4.69) is 6.92 Å². The van der Waals surface area contributed by atoms with E-state index in [1.807, 2.05) is 66.7 Å². The lowest BCUT2D eigenvalue weighted by Crippen LogP contribution is -1.99. The Morgan fingerprint density at radius 2 is 1.22 bits per heavy atom. The van der Waals surface area contributed by atoms with Gasteiger partial charge in [0, 0.05) is 5.56 Å². The lowest BCUT2D eigenvalue weighted by atomic mass is 9.87. The summed E-state index contributed by atoms with van der Waals surface area (Å²) in [6.45, 7) is 2.23. The van der Waals surface area contributed by atoms with Crippen LogP contribution in [-0.2, 0) is 11.0 Å². The summed E-state index contributed by atoms with van der Waals surface area (Å²) in [6, 6.07) is 23.3. The maximum absolute atomic E-state index is 11.7. The molecule has 0 spiro atoms. The Kier molecular flexibility index (Phi) is 9.11. The van der Waals surface area contributed by atoms with Crippen LogP contribution >= 0.6 is 7.82 Å². The van der Waals surface area contributed by atoms with Gasteiger partial charge in [-0.1, -0.05) is 112 Å². The third-order valence-corrected chi connectivity index (χ3v) is 6.08. The fourth-order valence-electron chi connectivity index (χ4n) is 4.14. The Bertz CT molecular complexity index is 1010. The van der Waals surface area contributed by atoms with E-state index < -0.39 is 7.82 Å². The highest BCUT2D eigenvalue weighted by molar-refractivity contribution is 7.46. The van der Waals surface area contributed by atoms with Crippen LogP contribution in [0.1, 0.15) is 57.4 Å². The van der Waals surface area contributed by atoms with Crippen molar-refractivity contribution >= 4 is 7.82 Å². The molecule has 0 saturated heterocycles. The van der Waals surface area contributed by atoms with Crippen molar-refractivity contribution in [1.29, 1.82) is 0 Å². The van der Waals surface area contributed by atoms with Crippen LogP contribution in [0, 0.1) is 0 Å². The van der Waals surface area contributed by atoms with Crippen molar-refractivity contribution in [1.82, 2.24) is 0 Å². The molecule has 3 aromatic rings. The van der Waals surface area contributed by atoms with Crippen LogP contribution in [0.3, 0.4) is 0 Å². The number of rotatable bonds is 12. The summed E-state index contributed by atoms with van der Waals surface area (Å²) in [5.41, 5.74) is 4.76. The molecule has 2 N–H and O–H groups in total. The third-order valence-electron chi connectivity index (χ3n) is 5.65. The van der Waals surface area contributed by atoms with Gasteiger partial charge in [-0.05, 0) is 41.2 Å². The number of phosphoric ester groups is 1. The van der Waals surface area contributed by atoms with Gasteiger partial charge in [0.1, 0.15) is 5.75 Å². The number of hydrogen-bond donors (Lipinski definition) is 2. The summed E-state index contributed by atoms with van der Waals surface area (Å²) >= 11 is 0. The van der Waals surface area contributed by atoms with E-state index in [0.29, 0.717) is 0 Å². The van der Waals surface area contributed by atoms with E-state index >= 15 is 0 Å². The second kappa shape index (κ2) is 12.0. The van der Waals surface area contributed by atoms with E-state index in [9.17, 15) is 14.4 Å². The van der Waals surface area contributed by atoms with Crippen molar-refractivity contribution in [3.8, 4) is 28.0 Å². The Labute approximate surface area is 191 Å². The first-order chi connectivity index (χ1) is 15.5. The SMILES string of the molecule is CCCCCCCCCc1ccc(OP(=O)(O)O)c(-c2ccccc2)c1-c1ccccc1. The smallest absolute Gasteiger partial charge is 0.404 e. The minimum atomic E-state index is -4.70. The average Bonchev–Trinajstić information content (AvgIpc) is 2.79. The Balaban J connectivity index is 1.99. The molecule has 0 amide bonds. The second-order valence-electron chi connectivity index (χ2n) is 8.16. The molecule has 0 atom stereocenters. The molecular weight excluding hydrogens is 419 g/mol. The molecule has 32 heavy (non-hydrogen) atoms. The molecule has 4 nitrogen and oxygen atoms in total. The topological polar surface area (TPSA) is 66.8 Å². The molecule has 0 heterocycles. The van der Waals surface area contributed by atoms with Gasteiger partial charge in [-0.2, -0.15) is 0 Å². The molecule has 0 bridgehead atoms. The van der Waals surface area contributed by atoms with Crippen LogP contribution in [-0.4, -0.2) is 9.79 Å². The van der Waals surface area contributed by atoms with Gasteiger partial charge in [-0.15, -0.1) is 0 Å². The zero-order valence-electron chi connectivity index (χ0n) is 18.7. The number of aryl methyl sites for hydroxylation is 1. The second-order valence-corrected chi connectivity index (χ2v) is 9.32. The number of hydrogen-bond acceptors (Lipinski definition) is 2. The van der Waals surface area contributed by atoms with E-state index in [-0.39, 0.29) is 5.75 Å². The first-order valence-electron chi connectivity index (χ1n) is 11.5. The van der Waals surface area contributed by atoms with E-state index in [1.165, 1.54) is 44.1 Å². The lowest BCUT2D eigenvalue weighted by Gasteiger charge is -2.20. The summed E-state index contributed by atoms with van der Waals surface area (Å²) in [6.07, 6.45) is 9.56. The summed E-state index contributed by atoms with van der Waals surface area (Å²) in [5, 5.41) is 0. The first kappa shape index (κ1) is 24.3. The van der Waals surface area contributed by atoms with E-state index in [1.54, 1.807) is 6.07 Å². The Hall–Kier alpha value is -2.39. The molecule has 3 rings (SSSR count). The van der Waals surface area contributed by atoms with Gasteiger partial charge in [-0.25, -0.2) is 4.57 Å². The average molecular weight is 453 g/mol. The van der Waals surface area contributed by atoms with Gasteiger partial charge in [0.05, 0.1) is 0 Å². The quantitative estimate of drug-likeness (QED) is 0.217. The van der Waals surface area contributed by atoms with Gasteiger partial charge in [-0.3, -0.25) is 9.79 Å². The largest absolute Gasteiger partial charge is 0.524 e. The van der Waals surface area contributed by atoms with Crippen molar-refractivity contribution in [2.75, 3.05) is 0 Å². The standard InChI is InChI=1S/C27H33O4P/c1-2-3-4-5-6-7-10-19-24-20-21-25(31-32(28,29)30)27(23-17-13-9-14-18-23)26(24)22-15-11-8-12-16-22/h8-9,11-18,20-21H,2-7,10,19H2,1H3,(H2,28,29,30). The zero-order valence-corrected chi connectivity index (χ0v) is 19.6. The summed E-state index contributed by atoms with van der Waals surface area (Å²) in [7, 11) is -4.70. The molecule has 0 radical (unpaired) electrons. The van der Waals surface area contributed by atoms with E-state index in [0.717, 1.165) is 35.1 Å². The maximum atomic E-state index is 11.7. The van der Waals surface area contributed by atoms with Crippen molar-refractivity contribution in [3.05, 3.63) is 78.4 Å². The molecule has 0 fully saturated rings. The van der Waals surface area contributed by atoms with Gasteiger partial charge in [0.25, 0.3) is 0 Å². The number of unbranched alkanes of at least 4 members (excludes halogenated alkanes) is 6. The van der Waals surface area contributed by atoms with Crippen molar-refractivity contribution in [2.45, 2.75) is 58.3 Å². The molecular formula is C27H33O4P. The lowest BCUT2D eigenvalue weighted by molar-refractivity contribution is 0.283. The maximum Gasteiger partial charge on any atom is 0.524 e. The Morgan fingerprint density at radius 3 is 1.78 bits per heavy atom. The predicted molar refractivity (Wildman–Crippen MR) is 132 cm³/mol. The van der Waals surface area contributed by atoms with Crippen molar-refractivity contribution in [2.24, 2.45) is 0 Å². The predicted octanol–water partition coefficient (Wildman–Crippen LogP) is 7.79. The Morgan fingerprint density at radius 1 is 0.688 bits per heavy atom. The van der Waals surface area contributed by atoms with Crippen LogP contribution in [0.4, 0.5) is 0 Å². The fraction of sp³-hybridized carbons (Fsp3) is 0.333. The number of phosphoric acid groups is 1. The van der Waals surface area contributed by atoms with Crippen LogP contribution in [0.15, 0.2) is 72.8 Å². The fourth-order valence-corrected chi connectivity index (χ4v) is 4.55. The highest BCUT2D eigenvalue weighted by Crippen LogP contribution is 2.47. The molecule has 0 aliphatic carbocycles. The minimum absolute atomic E-state index is 0.201. The van der Waals surface area contributed by atoms with Gasteiger partial charge >= 0.3 is 7.82 Å². The molecule has 3 aromatic carbocycles. The minimum Gasteiger partial charge on any atom is -0.404 e. The molecule has 5 heteroatoms. The monoisotopic (exact) mass is 452 g/mol. The zero-order chi connectivity index (χ0) is 22.8. The van der Waals surface area contributed by atoms with E-state index in [4.69, 9.17) is 4.52 Å². The third kappa shape index (κ3) is 7.06. The summed E-state index contributed by atoms with van der Waals surface area (Å²) < 4.78 is 16.9. The molecule has 170 valence electrons. The van der Waals surface area contributed by atoms with Gasteiger partial charge in [0.2, 0.25) is 0 Å². The molecule has 0 unspecified atom stereocenters. The van der Waals surface area contributed by atoms with Crippen molar-refractivity contribution in [3.63, 3.8) is 0 Å². The summed E-state index contributed by atoms with van der Waals surface area (Å²) in [4.78, 5) is 19.0. The van der Waals surface area contributed by atoms with Crippen LogP contribution in [0.5, 0.6) is 5.75 Å². The summed E-state index contributed by atoms with van der Waals surface area (Å²) in [5.74, 6) is 0.201. The van der Waals surface area contributed by atoms with Crippen LogP contribution in [0.2, 0.25) is 0 Å². The molecule has 0 aliphatic rings. The first-order valence-corrected chi connectivity index (χ1v) is 13.0. The van der Waals surface area contributed by atoms with Crippen molar-refractivity contribution < 1.29 is 18.9 Å². The molecule has 0 aliphatic heterocycles. The normalized spacial score (nSPS) is 11.5. The van der Waals surface area contributed by atoms with Gasteiger partial charge < -0.3 is 4.52 Å². The molecule has 0 saturated carbocycles. The molecule has 0 aromatic heterocycles. The number of benzene rings is 3.